The van der Waals surface area contributed by atoms with Crippen LogP contribution in [0.15, 0.2) is 48.4 Å². The van der Waals surface area contributed by atoms with Crippen molar-refractivity contribution >= 4 is 0 Å². The summed E-state index contributed by atoms with van der Waals surface area (Å²) in [6, 6.07) is 6.44. The molecule has 2 nitrogen and oxygen atoms in total. The molecule has 3 heteroatoms. The highest BCUT2D eigenvalue weighted by Gasteiger charge is 2.05. The molecule has 0 radical (unpaired) electrons. The molecule has 0 saturated carbocycles. The quantitative estimate of drug-likeness (QED) is 0.574. The van der Waals surface area contributed by atoms with Gasteiger partial charge in [-0.1, -0.05) is 18.7 Å². The Hall–Kier alpha value is -1.77. The number of nitrogens with zero attached hydrogens (tertiary/aromatic N) is 1. The zero-order chi connectivity index (χ0) is 12.8. The first kappa shape index (κ1) is 13.3. The highest BCUT2D eigenvalue weighted by atomic mass is 19.1. The van der Waals surface area contributed by atoms with Crippen LogP contribution in [-0.2, 0) is 11.2 Å². The maximum atomic E-state index is 12.8. The number of allylic oxidation sites excluding steroid dienone is 1. The summed E-state index contributed by atoms with van der Waals surface area (Å²) < 4.78 is 17.9. The monoisotopic (exact) mass is 235 g/mol. The fourth-order valence-electron chi connectivity index (χ4n) is 1.48. The van der Waals surface area contributed by atoms with E-state index in [9.17, 15) is 4.39 Å². The standard InChI is InChI=1S/C14H18FNO/c1-11(17-4)13(10-16(2)3)9-12-5-7-14(15)8-6-12/h5-8,10H,1,9H2,2-4H3. The molecule has 1 rings (SSSR count). The minimum atomic E-state index is -0.225. The summed E-state index contributed by atoms with van der Waals surface area (Å²) in [6.07, 6.45) is 2.63. The molecule has 0 aromatic heterocycles. The van der Waals surface area contributed by atoms with Gasteiger partial charge in [0.1, 0.15) is 11.6 Å². The van der Waals surface area contributed by atoms with Crippen LogP contribution >= 0.6 is 0 Å². The summed E-state index contributed by atoms with van der Waals surface area (Å²) in [5.74, 6) is 0.403. The number of halogens is 1. The van der Waals surface area contributed by atoms with Crippen molar-refractivity contribution in [3.63, 3.8) is 0 Å². The van der Waals surface area contributed by atoms with E-state index in [2.05, 4.69) is 6.58 Å². The molecule has 0 fully saturated rings. The molecule has 0 saturated heterocycles. The van der Waals surface area contributed by atoms with Gasteiger partial charge in [0.15, 0.2) is 0 Å². The largest absolute Gasteiger partial charge is 0.497 e. The third kappa shape index (κ3) is 4.31. The van der Waals surface area contributed by atoms with Crippen molar-refractivity contribution in [3.05, 3.63) is 59.8 Å². The van der Waals surface area contributed by atoms with Gasteiger partial charge in [-0.15, -0.1) is 0 Å². The van der Waals surface area contributed by atoms with E-state index in [1.54, 1.807) is 19.2 Å². The van der Waals surface area contributed by atoms with Gasteiger partial charge in [0.2, 0.25) is 0 Å². The summed E-state index contributed by atoms with van der Waals surface area (Å²) in [7, 11) is 5.47. The topological polar surface area (TPSA) is 12.5 Å². The van der Waals surface area contributed by atoms with Crippen LogP contribution in [0.5, 0.6) is 0 Å². The van der Waals surface area contributed by atoms with Crippen LogP contribution in [0.3, 0.4) is 0 Å². The average Bonchev–Trinajstić information content (AvgIpc) is 2.29. The zero-order valence-electron chi connectivity index (χ0n) is 10.5. The molecule has 92 valence electrons. The molecule has 0 atom stereocenters. The highest BCUT2D eigenvalue weighted by Crippen LogP contribution is 2.16. The normalized spacial score (nSPS) is 11.2. The Morgan fingerprint density at radius 3 is 2.41 bits per heavy atom. The average molecular weight is 235 g/mol. The molecule has 0 heterocycles. The first-order valence-corrected chi connectivity index (χ1v) is 5.37. The zero-order valence-corrected chi connectivity index (χ0v) is 10.5. The maximum absolute atomic E-state index is 12.8. The van der Waals surface area contributed by atoms with Crippen LogP contribution in [-0.4, -0.2) is 26.1 Å². The molecule has 0 bridgehead atoms. The fourth-order valence-corrected chi connectivity index (χ4v) is 1.48. The van der Waals surface area contributed by atoms with E-state index in [0.717, 1.165) is 11.1 Å². The molecule has 0 unspecified atom stereocenters. The summed E-state index contributed by atoms with van der Waals surface area (Å²) in [5.41, 5.74) is 2.00. The number of methoxy groups -OCH3 is 1. The predicted octanol–water partition coefficient (Wildman–Crippen LogP) is 2.97. The van der Waals surface area contributed by atoms with Gasteiger partial charge in [0, 0.05) is 32.3 Å². The number of ether oxygens (including phenoxy) is 1. The fraction of sp³-hybridized carbons (Fsp3) is 0.286. The number of hydrogen-bond donors (Lipinski definition) is 0. The van der Waals surface area contributed by atoms with E-state index in [-0.39, 0.29) is 5.82 Å². The van der Waals surface area contributed by atoms with Crippen molar-refractivity contribution in [2.75, 3.05) is 21.2 Å². The van der Waals surface area contributed by atoms with Crippen LogP contribution in [0, 0.1) is 5.82 Å². The smallest absolute Gasteiger partial charge is 0.123 e. The van der Waals surface area contributed by atoms with Gasteiger partial charge < -0.3 is 9.64 Å². The van der Waals surface area contributed by atoms with Crippen molar-refractivity contribution in [1.29, 1.82) is 0 Å². The molecule has 1 aromatic carbocycles. The lowest BCUT2D eigenvalue weighted by atomic mass is 10.0. The SMILES string of the molecule is C=C(OC)C(=CN(C)C)Cc1ccc(F)cc1. The minimum absolute atomic E-state index is 0.225. The lowest BCUT2D eigenvalue weighted by Crippen LogP contribution is -2.06. The van der Waals surface area contributed by atoms with E-state index in [0.29, 0.717) is 12.2 Å². The van der Waals surface area contributed by atoms with Crippen molar-refractivity contribution in [1.82, 2.24) is 4.90 Å². The van der Waals surface area contributed by atoms with E-state index in [4.69, 9.17) is 4.74 Å². The van der Waals surface area contributed by atoms with Crippen LogP contribution in [0.4, 0.5) is 4.39 Å². The highest BCUT2D eigenvalue weighted by molar-refractivity contribution is 5.30. The summed E-state index contributed by atoms with van der Waals surface area (Å²) >= 11 is 0. The van der Waals surface area contributed by atoms with Gasteiger partial charge in [-0.25, -0.2) is 4.39 Å². The van der Waals surface area contributed by atoms with Gasteiger partial charge >= 0.3 is 0 Å². The Balaban J connectivity index is 2.87. The Kier molecular flexibility index (Phi) is 4.76. The number of hydrogen-bond acceptors (Lipinski definition) is 2. The molecule has 0 aliphatic heterocycles. The molecule has 1 aromatic rings. The van der Waals surface area contributed by atoms with Gasteiger partial charge in [0.05, 0.1) is 7.11 Å². The molecule has 0 amide bonds. The molecular formula is C14H18FNO. The van der Waals surface area contributed by atoms with E-state index in [1.165, 1.54) is 12.1 Å². The summed E-state index contributed by atoms with van der Waals surface area (Å²) in [5, 5.41) is 0. The van der Waals surface area contributed by atoms with Crippen LogP contribution in [0.25, 0.3) is 0 Å². The van der Waals surface area contributed by atoms with Crippen molar-refractivity contribution in [2.24, 2.45) is 0 Å². The van der Waals surface area contributed by atoms with Gasteiger partial charge in [0.25, 0.3) is 0 Å². The summed E-state index contributed by atoms with van der Waals surface area (Å²) in [6.45, 7) is 3.85. The predicted molar refractivity (Wildman–Crippen MR) is 68.0 cm³/mol. The first-order chi connectivity index (χ1) is 8.02. The Labute approximate surface area is 102 Å². The summed E-state index contributed by atoms with van der Waals surface area (Å²) in [4.78, 5) is 1.93. The van der Waals surface area contributed by atoms with Crippen LogP contribution in [0.1, 0.15) is 5.56 Å². The van der Waals surface area contributed by atoms with Crippen molar-refractivity contribution < 1.29 is 9.13 Å². The molecule has 0 aliphatic rings. The lowest BCUT2D eigenvalue weighted by molar-refractivity contribution is 0.299. The van der Waals surface area contributed by atoms with E-state index in [1.807, 2.05) is 25.2 Å². The van der Waals surface area contributed by atoms with Gasteiger partial charge in [-0.2, -0.15) is 0 Å². The maximum Gasteiger partial charge on any atom is 0.123 e. The molecular weight excluding hydrogens is 217 g/mol. The first-order valence-electron chi connectivity index (χ1n) is 5.37. The molecule has 0 aliphatic carbocycles. The second kappa shape index (κ2) is 6.09. The third-order valence-electron chi connectivity index (χ3n) is 2.33. The van der Waals surface area contributed by atoms with Crippen LogP contribution < -0.4 is 0 Å². The third-order valence-corrected chi connectivity index (χ3v) is 2.33. The number of rotatable bonds is 5. The minimum Gasteiger partial charge on any atom is -0.497 e. The van der Waals surface area contributed by atoms with Crippen molar-refractivity contribution in [2.45, 2.75) is 6.42 Å². The van der Waals surface area contributed by atoms with E-state index < -0.39 is 0 Å². The molecule has 0 N–H and O–H groups in total. The van der Waals surface area contributed by atoms with Gasteiger partial charge in [-0.3, -0.25) is 0 Å². The molecule has 17 heavy (non-hydrogen) atoms. The Bertz CT molecular complexity index is 407. The number of benzene rings is 1. The Morgan fingerprint density at radius 2 is 1.94 bits per heavy atom. The second-order valence-corrected chi connectivity index (χ2v) is 4.05. The Morgan fingerprint density at radius 1 is 1.35 bits per heavy atom. The molecule has 0 spiro atoms. The van der Waals surface area contributed by atoms with E-state index >= 15 is 0 Å². The second-order valence-electron chi connectivity index (χ2n) is 4.05. The van der Waals surface area contributed by atoms with Crippen LogP contribution in [0.2, 0.25) is 0 Å². The van der Waals surface area contributed by atoms with Crippen molar-refractivity contribution in [3.8, 4) is 0 Å². The lowest BCUT2D eigenvalue weighted by Gasteiger charge is -2.13. The van der Waals surface area contributed by atoms with Gasteiger partial charge in [-0.05, 0) is 17.7 Å².